The van der Waals surface area contributed by atoms with E-state index in [0.29, 0.717) is 11.6 Å². The molecule has 156 valence electrons. The van der Waals surface area contributed by atoms with Crippen LogP contribution in [0.4, 0.5) is 5.69 Å². The molecule has 0 spiro atoms. The van der Waals surface area contributed by atoms with Crippen molar-refractivity contribution < 1.29 is 4.79 Å². The van der Waals surface area contributed by atoms with Gasteiger partial charge in [-0.05, 0) is 69.6 Å². The molecule has 3 rings (SSSR count). The van der Waals surface area contributed by atoms with Crippen molar-refractivity contribution in [3.05, 3.63) is 65.7 Å². The van der Waals surface area contributed by atoms with Gasteiger partial charge < -0.3 is 15.1 Å². The van der Waals surface area contributed by atoms with Crippen LogP contribution in [0, 0.1) is 0 Å². The second-order valence-electron chi connectivity index (χ2n) is 8.21. The van der Waals surface area contributed by atoms with Gasteiger partial charge in [-0.2, -0.15) is 0 Å². The van der Waals surface area contributed by atoms with E-state index in [1.807, 2.05) is 49.4 Å². The molecule has 0 unspecified atom stereocenters. The Bertz CT molecular complexity index is 751. The van der Waals surface area contributed by atoms with E-state index in [1.54, 1.807) is 0 Å². The van der Waals surface area contributed by atoms with Gasteiger partial charge in [-0.25, -0.2) is 0 Å². The lowest BCUT2D eigenvalue weighted by Gasteiger charge is -2.38. The lowest BCUT2D eigenvalue weighted by molar-refractivity contribution is 0.0940. The Morgan fingerprint density at radius 3 is 2.38 bits per heavy atom. The number of carbonyl (C=O) groups is 1. The maximum absolute atomic E-state index is 12.6. The second-order valence-corrected chi connectivity index (χ2v) is 8.21. The quantitative estimate of drug-likeness (QED) is 0.694. The summed E-state index contributed by atoms with van der Waals surface area (Å²) in [5.41, 5.74) is 3.04. The van der Waals surface area contributed by atoms with Crippen LogP contribution in [-0.2, 0) is 0 Å². The molecule has 0 aliphatic carbocycles. The van der Waals surface area contributed by atoms with Crippen LogP contribution in [0.3, 0.4) is 0 Å². The molecule has 1 fully saturated rings. The van der Waals surface area contributed by atoms with Crippen LogP contribution in [-0.4, -0.2) is 43.5 Å². The number of nitrogens with zero attached hydrogens (tertiary/aromatic N) is 2. The van der Waals surface area contributed by atoms with E-state index < -0.39 is 0 Å². The van der Waals surface area contributed by atoms with Crippen LogP contribution in [0.1, 0.15) is 61.5 Å². The van der Waals surface area contributed by atoms with E-state index in [1.165, 1.54) is 37.9 Å². The molecule has 2 aromatic carbocycles. The Morgan fingerprint density at radius 1 is 1.10 bits per heavy atom. The zero-order valence-electron chi connectivity index (χ0n) is 18.1. The molecule has 1 atom stereocenters. The van der Waals surface area contributed by atoms with Crippen molar-refractivity contribution in [1.82, 2.24) is 10.2 Å². The molecule has 1 aliphatic heterocycles. The molecule has 1 saturated heterocycles. The number of piperidine rings is 1. The van der Waals surface area contributed by atoms with Gasteiger partial charge in [0.1, 0.15) is 0 Å². The fourth-order valence-electron chi connectivity index (χ4n) is 4.08. The van der Waals surface area contributed by atoms with Crippen molar-refractivity contribution >= 4 is 11.6 Å². The zero-order valence-corrected chi connectivity index (χ0v) is 18.1. The Kier molecular flexibility index (Phi) is 7.70. The highest BCUT2D eigenvalue weighted by Gasteiger charge is 2.22. The van der Waals surface area contributed by atoms with Crippen LogP contribution in [0.25, 0.3) is 0 Å². The predicted molar refractivity (Wildman–Crippen MR) is 122 cm³/mol. The molecular formula is C25H35N3O. The van der Waals surface area contributed by atoms with Crippen molar-refractivity contribution in [1.29, 1.82) is 0 Å². The van der Waals surface area contributed by atoms with Crippen molar-refractivity contribution in [2.75, 3.05) is 31.6 Å². The average molecular weight is 394 g/mol. The van der Waals surface area contributed by atoms with E-state index >= 15 is 0 Å². The van der Waals surface area contributed by atoms with Crippen LogP contribution < -0.4 is 10.2 Å². The summed E-state index contributed by atoms with van der Waals surface area (Å²) in [6.45, 7) is 7.63. The molecule has 29 heavy (non-hydrogen) atoms. The molecule has 4 heteroatoms. The average Bonchev–Trinajstić information content (AvgIpc) is 2.78. The van der Waals surface area contributed by atoms with Gasteiger partial charge in [0.15, 0.2) is 0 Å². The van der Waals surface area contributed by atoms with Crippen molar-refractivity contribution in [2.45, 2.75) is 51.6 Å². The summed E-state index contributed by atoms with van der Waals surface area (Å²) >= 11 is 0. The number of hydrogen-bond acceptors (Lipinski definition) is 3. The monoisotopic (exact) mass is 393 g/mol. The smallest absolute Gasteiger partial charge is 0.251 e. The largest absolute Gasteiger partial charge is 0.371 e. The first-order chi connectivity index (χ1) is 14.1. The molecule has 0 saturated carbocycles. The number of benzene rings is 2. The second kappa shape index (κ2) is 10.4. The van der Waals surface area contributed by atoms with E-state index in [2.05, 4.69) is 41.2 Å². The third kappa shape index (κ3) is 5.83. The normalized spacial score (nSPS) is 16.1. The number of unbranched alkanes of at least 4 members (excludes halogenated alkanes) is 1. The SMILES string of the molecule is CCCCN(C)C1CCN(c2ccc(C(=O)N[C@@H](C)c3ccccc3)cc2)CC1. The van der Waals surface area contributed by atoms with Gasteiger partial charge >= 0.3 is 0 Å². The van der Waals surface area contributed by atoms with Gasteiger partial charge in [0.2, 0.25) is 0 Å². The van der Waals surface area contributed by atoms with Crippen molar-refractivity contribution in [3.63, 3.8) is 0 Å². The standard InChI is InChI=1S/C25H35N3O/c1-4-5-17-27(3)23-15-18-28(19-16-23)24-13-11-22(12-14-24)25(29)26-20(2)21-9-7-6-8-10-21/h6-14,20,23H,4-5,15-19H2,1-3H3,(H,26,29)/t20-/m0/s1. The molecule has 1 heterocycles. The van der Waals surface area contributed by atoms with Gasteiger partial charge in [-0.1, -0.05) is 43.7 Å². The number of hydrogen-bond donors (Lipinski definition) is 1. The maximum atomic E-state index is 12.6. The Labute approximate surface area is 175 Å². The van der Waals surface area contributed by atoms with Crippen LogP contribution in [0.5, 0.6) is 0 Å². The molecule has 0 radical (unpaired) electrons. The number of anilines is 1. The van der Waals surface area contributed by atoms with Gasteiger partial charge in [0, 0.05) is 30.4 Å². The van der Waals surface area contributed by atoms with E-state index in [9.17, 15) is 4.79 Å². The minimum atomic E-state index is -0.0239. The molecule has 0 bridgehead atoms. The van der Waals surface area contributed by atoms with Gasteiger partial charge in [-0.15, -0.1) is 0 Å². The van der Waals surface area contributed by atoms with Crippen LogP contribution >= 0.6 is 0 Å². The van der Waals surface area contributed by atoms with E-state index in [-0.39, 0.29) is 11.9 Å². The highest BCUT2D eigenvalue weighted by atomic mass is 16.1. The lowest BCUT2D eigenvalue weighted by atomic mass is 10.0. The summed E-state index contributed by atoms with van der Waals surface area (Å²) in [4.78, 5) is 17.6. The molecule has 1 N–H and O–H groups in total. The minimum Gasteiger partial charge on any atom is -0.371 e. The van der Waals surface area contributed by atoms with Gasteiger partial charge in [0.25, 0.3) is 5.91 Å². The first-order valence-corrected chi connectivity index (χ1v) is 11.0. The highest BCUT2D eigenvalue weighted by molar-refractivity contribution is 5.94. The first kappa shape index (κ1) is 21.4. The first-order valence-electron chi connectivity index (χ1n) is 11.0. The molecule has 1 amide bonds. The van der Waals surface area contributed by atoms with Crippen molar-refractivity contribution in [2.24, 2.45) is 0 Å². The number of nitrogens with one attached hydrogen (secondary N) is 1. The van der Waals surface area contributed by atoms with E-state index in [0.717, 1.165) is 18.7 Å². The molecule has 4 nitrogen and oxygen atoms in total. The lowest BCUT2D eigenvalue weighted by Crippen LogP contribution is -2.43. The topological polar surface area (TPSA) is 35.6 Å². The zero-order chi connectivity index (χ0) is 20.6. The molecule has 0 aromatic heterocycles. The molecule has 1 aliphatic rings. The summed E-state index contributed by atoms with van der Waals surface area (Å²) < 4.78 is 0. The van der Waals surface area contributed by atoms with Gasteiger partial charge in [0.05, 0.1) is 6.04 Å². The van der Waals surface area contributed by atoms with Crippen LogP contribution in [0.2, 0.25) is 0 Å². The third-order valence-electron chi connectivity index (χ3n) is 6.09. The summed E-state index contributed by atoms with van der Waals surface area (Å²) in [5.74, 6) is -0.0239. The maximum Gasteiger partial charge on any atom is 0.251 e. The fraction of sp³-hybridized carbons (Fsp3) is 0.480. The third-order valence-corrected chi connectivity index (χ3v) is 6.09. The highest BCUT2D eigenvalue weighted by Crippen LogP contribution is 2.23. The molecule has 2 aromatic rings. The molecular weight excluding hydrogens is 358 g/mol. The Morgan fingerprint density at radius 2 is 1.76 bits per heavy atom. The summed E-state index contributed by atoms with van der Waals surface area (Å²) in [6.07, 6.45) is 4.95. The fourth-order valence-corrected chi connectivity index (χ4v) is 4.08. The Balaban J connectivity index is 1.52. The summed E-state index contributed by atoms with van der Waals surface area (Å²) in [6, 6.07) is 18.8. The minimum absolute atomic E-state index is 0.00731. The number of carbonyl (C=O) groups excluding carboxylic acids is 1. The van der Waals surface area contributed by atoms with Crippen molar-refractivity contribution in [3.8, 4) is 0 Å². The summed E-state index contributed by atoms with van der Waals surface area (Å²) in [5, 5.41) is 3.09. The number of amides is 1. The summed E-state index contributed by atoms with van der Waals surface area (Å²) in [7, 11) is 2.26. The van der Waals surface area contributed by atoms with Gasteiger partial charge in [-0.3, -0.25) is 4.79 Å². The van der Waals surface area contributed by atoms with E-state index in [4.69, 9.17) is 0 Å². The Hall–Kier alpha value is -2.33. The predicted octanol–water partition coefficient (Wildman–Crippen LogP) is 4.88. The van der Waals surface area contributed by atoms with Crippen LogP contribution in [0.15, 0.2) is 54.6 Å². The number of rotatable bonds is 8.